The molecule has 0 aromatic carbocycles. The minimum Gasteiger partial charge on any atom is -0.324 e. The van der Waals surface area contributed by atoms with Gasteiger partial charge in [0.15, 0.2) is 0 Å². The van der Waals surface area contributed by atoms with E-state index >= 15 is 0 Å². The molecule has 80 valence electrons. The van der Waals surface area contributed by atoms with Gasteiger partial charge in [-0.25, -0.2) is 0 Å². The van der Waals surface area contributed by atoms with Crippen LogP contribution in [0.3, 0.4) is 0 Å². The van der Waals surface area contributed by atoms with E-state index in [1.165, 1.54) is 6.08 Å². The number of hydrogen-bond acceptors (Lipinski definition) is 2. The van der Waals surface area contributed by atoms with Crippen LogP contribution in [0.4, 0.5) is 0 Å². The first-order chi connectivity index (χ1) is 6.64. The van der Waals surface area contributed by atoms with E-state index in [2.05, 4.69) is 18.7 Å². The lowest BCUT2D eigenvalue weighted by Crippen LogP contribution is -2.09. The molecule has 14 heavy (non-hydrogen) atoms. The molecule has 1 rings (SSSR count). The maximum atomic E-state index is 11.3. The van der Waals surface area contributed by atoms with Crippen molar-refractivity contribution >= 4 is 7.60 Å². The molecule has 0 spiro atoms. The van der Waals surface area contributed by atoms with Crippen molar-refractivity contribution in [3.63, 3.8) is 0 Å². The second kappa shape index (κ2) is 5.50. The summed E-state index contributed by atoms with van der Waals surface area (Å²) in [6, 6.07) is 0. The lowest BCUT2D eigenvalue weighted by Gasteiger charge is -2.18. The molecule has 0 radical (unpaired) electrons. The second-order valence-corrected chi connectivity index (χ2v) is 5.42. The molecule has 0 amide bonds. The highest BCUT2D eigenvalue weighted by atomic mass is 31.2. The third kappa shape index (κ3) is 4.23. The van der Waals surface area contributed by atoms with Gasteiger partial charge in [0.25, 0.3) is 0 Å². The first-order valence-corrected chi connectivity index (χ1v) is 6.64. The topological polar surface area (TPSA) is 46.5 Å². The average molecular weight is 216 g/mol. The van der Waals surface area contributed by atoms with Gasteiger partial charge in [-0.3, -0.25) is 4.57 Å². The highest BCUT2D eigenvalue weighted by Gasteiger charge is 2.19. The van der Waals surface area contributed by atoms with Gasteiger partial charge in [0.2, 0.25) is 0 Å². The molecule has 1 aliphatic rings. The first-order valence-electron chi connectivity index (χ1n) is 4.88. The average Bonchev–Trinajstić information content (AvgIpc) is 2.17. The van der Waals surface area contributed by atoms with E-state index in [9.17, 15) is 9.46 Å². The Bertz CT molecular complexity index is 260. The van der Waals surface area contributed by atoms with Gasteiger partial charge in [-0.05, 0) is 19.3 Å². The maximum Gasteiger partial charge on any atom is 0.331 e. The fraction of sp³-hybridized carbons (Fsp3) is 0.600. The maximum absolute atomic E-state index is 11.3. The summed E-state index contributed by atoms with van der Waals surface area (Å²) in [6.45, 7) is 3.76. The Morgan fingerprint density at radius 2 is 2.50 bits per heavy atom. The molecule has 0 fully saturated rings. The summed E-state index contributed by atoms with van der Waals surface area (Å²) in [6.07, 6.45) is 8.91. The molecule has 2 atom stereocenters. The Hall–Kier alpha value is -0.370. The minimum atomic E-state index is -3.41. The molecule has 0 aliphatic heterocycles. The molecule has 1 N–H and O–H groups in total. The number of allylic oxidation sites excluding steroid dienone is 2. The van der Waals surface area contributed by atoms with E-state index in [-0.39, 0.29) is 6.16 Å². The largest absolute Gasteiger partial charge is 0.331 e. The summed E-state index contributed by atoms with van der Waals surface area (Å²) in [5, 5.41) is 0. The minimum absolute atomic E-state index is 0.0312. The summed E-state index contributed by atoms with van der Waals surface area (Å²) in [4.78, 5) is 9.28. The van der Waals surface area contributed by atoms with Crippen LogP contribution in [-0.4, -0.2) is 17.7 Å². The third-order valence-corrected chi connectivity index (χ3v) is 3.48. The molecule has 4 heteroatoms. The fourth-order valence-electron chi connectivity index (χ4n) is 1.45. The summed E-state index contributed by atoms with van der Waals surface area (Å²) in [7, 11) is -3.41. The Labute approximate surface area is 85.0 Å². The van der Waals surface area contributed by atoms with Crippen LogP contribution in [0.2, 0.25) is 0 Å². The van der Waals surface area contributed by atoms with Gasteiger partial charge in [0.1, 0.15) is 0 Å². The predicted molar refractivity (Wildman–Crippen MR) is 57.3 cm³/mol. The molecule has 1 aliphatic carbocycles. The van der Waals surface area contributed by atoms with Crippen molar-refractivity contribution < 1.29 is 14.0 Å². The number of hydrogen-bond donors (Lipinski definition) is 1. The van der Waals surface area contributed by atoms with Crippen LogP contribution in [-0.2, 0) is 9.09 Å². The number of rotatable bonds is 5. The van der Waals surface area contributed by atoms with Gasteiger partial charge >= 0.3 is 7.60 Å². The molecular formula is C10H17O3P. The van der Waals surface area contributed by atoms with Crippen molar-refractivity contribution in [2.24, 2.45) is 5.92 Å². The van der Waals surface area contributed by atoms with Crippen LogP contribution in [0.1, 0.15) is 19.3 Å². The molecule has 0 aromatic heterocycles. The summed E-state index contributed by atoms with van der Waals surface area (Å²) >= 11 is 0. The van der Waals surface area contributed by atoms with Gasteiger partial charge in [-0.15, -0.1) is 6.58 Å². The van der Waals surface area contributed by atoms with Crippen LogP contribution in [0, 0.1) is 5.92 Å². The first kappa shape index (κ1) is 11.7. The molecule has 0 bridgehead atoms. The van der Waals surface area contributed by atoms with Gasteiger partial charge in [0.05, 0.1) is 12.8 Å². The van der Waals surface area contributed by atoms with Crippen molar-refractivity contribution in [1.29, 1.82) is 0 Å². The molecule has 0 saturated carbocycles. The Kier molecular flexibility index (Phi) is 4.59. The monoisotopic (exact) mass is 216 g/mol. The summed E-state index contributed by atoms with van der Waals surface area (Å²) < 4.78 is 16.3. The lowest BCUT2D eigenvalue weighted by atomic mass is 9.97. The van der Waals surface area contributed by atoms with Crippen molar-refractivity contribution in [3.8, 4) is 0 Å². The standard InChI is InChI=1S/C10H17O3P/c1-2-8-14(11,12)13-9-10-6-4-3-5-7-10/h2,4,6,10H,1,3,5,7-9H2,(H,11,12). The van der Waals surface area contributed by atoms with Crippen LogP contribution in [0.5, 0.6) is 0 Å². The zero-order valence-electron chi connectivity index (χ0n) is 8.26. The van der Waals surface area contributed by atoms with E-state index in [0.717, 1.165) is 19.3 Å². The highest BCUT2D eigenvalue weighted by Crippen LogP contribution is 2.42. The smallest absolute Gasteiger partial charge is 0.324 e. The normalized spacial score (nSPS) is 25.6. The molecular weight excluding hydrogens is 199 g/mol. The summed E-state index contributed by atoms with van der Waals surface area (Å²) in [5.74, 6) is 0.300. The van der Waals surface area contributed by atoms with Gasteiger partial charge in [-0.2, -0.15) is 0 Å². The van der Waals surface area contributed by atoms with Gasteiger partial charge in [0, 0.05) is 5.92 Å². The van der Waals surface area contributed by atoms with Gasteiger partial charge in [-0.1, -0.05) is 18.2 Å². The van der Waals surface area contributed by atoms with Crippen molar-refractivity contribution in [3.05, 3.63) is 24.8 Å². The quantitative estimate of drug-likeness (QED) is 0.567. The van der Waals surface area contributed by atoms with Crippen LogP contribution >= 0.6 is 7.60 Å². The Balaban J connectivity index is 2.31. The summed E-state index contributed by atoms with van der Waals surface area (Å²) in [5.41, 5.74) is 0. The van der Waals surface area contributed by atoms with E-state index in [1.54, 1.807) is 0 Å². The molecule has 0 saturated heterocycles. The predicted octanol–water partition coefficient (Wildman–Crippen LogP) is 2.73. The van der Waals surface area contributed by atoms with Crippen molar-refractivity contribution in [2.75, 3.05) is 12.8 Å². The van der Waals surface area contributed by atoms with E-state index in [0.29, 0.717) is 12.5 Å². The molecule has 0 heterocycles. The van der Waals surface area contributed by atoms with Crippen molar-refractivity contribution in [2.45, 2.75) is 19.3 Å². The zero-order chi connectivity index (χ0) is 10.4. The van der Waals surface area contributed by atoms with E-state index in [4.69, 9.17) is 4.52 Å². The fourth-order valence-corrected chi connectivity index (χ4v) is 2.31. The third-order valence-electron chi connectivity index (χ3n) is 2.20. The zero-order valence-corrected chi connectivity index (χ0v) is 9.16. The molecule has 0 aromatic rings. The van der Waals surface area contributed by atoms with Crippen LogP contribution in [0.25, 0.3) is 0 Å². The molecule has 3 nitrogen and oxygen atoms in total. The van der Waals surface area contributed by atoms with E-state index in [1.807, 2.05) is 0 Å². The van der Waals surface area contributed by atoms with Crippen LogP contribution < -0.4 is 0 Å². The second-order valence-electron chi connectivity index (χ2n) is 3.52. The lowest BCUT2D eigenvalue weighted by molar-refractivity contribution is 0.227. The Morgan fingerprint density at radius 1 is 1.71 bits per heavy atom. The molecule has 2 unspecified atom stereocenters. The van der Waals surface area contributed by atoms with Crippen LogP contribution in [0.15, 0.2) is 24.8 Å². The van der Waals surface area contributed by atoms with Crippen molar-refractivity contribution in [1.82, 2.24) is 0 Å². The Morgan fingerprint density at radius 3 is 3.07 bits per heavy atom. The van der Waals surface area contributed by atoms with Gasteiger partial charge < -0.3 is 9.42 Å². The highest BCUT2D eigenvalue weighted by molar-refractivity contribution is 7.53. The van der Waals surface area contributed by atoms with E-state index < -0.39 is 7.60 Å². The SMILES string of the molecule is C=CCP(=O)(O)OCC1C=CCCC1.